The van der Waals surface area contributed by atoms with Crippen molar-refractivity contribution in [1.29, 1.82) is 0 Å². The Bertz CT molecular complexity index is 1660. The summed E-state index contributed by atoms with van der Waals surface area (Å²) in [5, 5.41) is 3.83. The molecule has 48 heavy (non-hydrogen) atoms. The molecule has 0 radical (unpaired) electrons. The molecule has 13 heteroatoms. The Balaban J connectivity index is 1.47. The number of amidine groups is 1. The number of nitrogens with two attached hydrogens (primary N) is 1. The zero-order valence-electron chi connectivity index (χ0n) is 28.7. The highest BCUT2D eigenvalue weighted by Gasteiger charge is 2.39. The van der Waals surface area contributed by atoms with Crippen molar-refractivity contribution in [2.75, 3.05) is 13.2 Å². The number of hydrogen-bond donors (Lipinski definition) is 1. The number of ether oxygens (including phenoxy) is 1. The first kappa shape index (κ1) is 37.1. The molecule has 0 unspecified atom stereocenters. The van der Waals surface area contributed by atoms with Gasteiger partial charge >= 0.3 is 18.2 Å². The van der Waals surface area contributed by atoms with Crippen LogP contribution in [-0.4, -0.2) is 49.8 Å². The minimum absolute atomic E-state index is 0.0430. The van der Waals surface area contributed by atoms with E-state index in [1.54, 1.807) is 35.2 Å². The molecule has 1 aliphatic rings. The molecule has 260 valence electrons. The zero-order valence-corrected chi connectivity index (χ0v) is 30.5. The van der Waals surface area contributed by atoms with Crippen LogP contribution < -0.4 is 5.73 Å². The number of thiophene rings is 1. The Morgan fingerprint density at radius 1 is 1.02 bits per heavy atom. The third kappa shape index (κ3) is 8.48. The summed E-state index contributed by atoms with van der Waals surface area (Å²) in [5.74, 6) is -1.18. The number of amides is 1. The van der Waals surface area contributed by atoms with Gasteiger partial charge in [0.2, 0.25) is 0 Å². The summed E-state index contributed by atoms with van der Waals surface area (Å²) in [7, 11) is -2.00. The van der Waals surface area contributed by atoms with Crippen LogP contribution in [0, 0.1) is 0 Å². The normalized spacial score (nSPS) is 15.6. The second-order valence-corrected chi connectivity index (χ2v) is 20.1. The molecule has 1 aliphatic carbocycles. The standard InChI is InChI=1S/C35H44F3N3O5SSi/c1-33(2,3)41(19-20-44-48(7,8)34(4,5)6)32(43)45-27-18-17-23-24(27)15-12-16-25(23)30(39)40-46-31(42)28-21-26(22-13-10-9-11-14-22)29(47-28)35(36,37)38/h9-16,21,27H,17-20H2,1-8H3,(H2,39,40)/t27-/m1/s1. The van der Waals surface area contributed by atoms with Gasteiger partial charge < -0.3 is 24.6 Å². The summed E-state index contributed by atoms with van der Waals surface area (Å²) in [6, 6.07) is 14.4. The highest BCUT2D eigenvalue weighted by molar-refractivity contribution is 7.14. The van der Waals surface area contributed by atoms with Gasteiger partial charge in [0.05, 0.1) is 6.61 Å². The number of carbonyl (C=O) groups excluding carboxylic acids is 2. The molecule has 0 saturated carbocycles. The SMILES string of the molecule is CC(C)(C)N(CCO[Si](C)(C)C(C)(C)C)C(=O)O[C@@H]1CCc2c(C(N)=NOC(=O)c3cc(-c4ccccc4)c(C(F)(F)F)s3)cccc21. The quantitative estimate of drug-likeness (QED) is 0.0784. The van der Waals surface area contributed by atoms with Crippen molar-refractivity contribution in [3.8, 4) is 11.1 Å². The van der Waals surface area contributed by atoms with Crippen LogP contribution in [0.15, 0.2) is 59.8 Å². The predicted molar refractivity (Wildman–Crippen MR) is 184 cm³/mol. The third-order valence-corrected chi connectivity index (χ3v) is 14.5. The molecule has 8 nitrogen and oxygen atoms in total. The Morgan fingerprint density at radius 3 is 2.29 bits per heavy atom. The van der Waals surface area contributed by atoms with E-state index >= 15 is 0 Å². The highest BCUT2D eigenvalue weighted by atomic mass is 32.1. The van der Waals surface area contributed by atoms with Crippen LogP contribution in [0.4, 0.5) is 18.0 Å². The van der Waals surface area contributed by atoms with Crippen molar-refractivity contribution in [2.45, 2.75) is 90.3 Å². The van der Waals surface area contributed by atoms with E-state index in [0.717, 1.165) is 17.2 Å². The van der Waals surface area contributed by atoms with Gasteiger partial charge in [-0.25, -0.2) is 9.59 Å². The molecule has 2 N–H and O–H groups in total. The summed E-state index contributed by atoms with van der Waals surface area (Å²) < 4.78 is 53.7. The van der Waals surface area contributed by atoms with E-state index in [2.05, 4.69) is 39.0 Å². The van der Waals surface area contributed by atoms with Crippen molar-refractivity contribution in [3.05, 3.63) is 81.0 Å². The smallest absolute Gasteiger partial charge is 0.426 e. The summed E-state index contributed by atoms with van der Waals surface area (Å²) in [6.45, 7) is 17.5. The lowest BCUT2D eigenvalue weighted by atomic mass is 10.0. The number of oxime groups is 1. The lowest BCUT2D eigenvalue weighted by molar-refractivity contribution is -0.133. The van der Waals surface area contributed by atoms with Crippen molar-refractivity contribution in [2.24, 2.45) is 10.9 Å². The number of rotatable bonds is 9. The Hall–Kier alpha value is -3.68. The maximum atomic E-state index is 13.8. The first-order chi connectivity index (χ1) is 22.2. The van der Waals surface area contributed by atoms with Crippen LogP contribution in [-0.2, 0) is 26.6 Å². The molecule has 3 aromatic rings. The lowest BCUT2D eigenvalue weighted by Gasteiger charge is -2.39. The van der Waals surface area contributed by atoms with Gasteiger partial charge in [0.1, 0.15) is 15.9 Å². The number of hydrogen-bond acceptors (Lipinski definition) is 7. The molecule has 4 rings (SSSR count). The second kappa shape index (κ2) is 14.0. The highest BCUT2D eigenvalue weighted by Crippen LogP contribution is 2.43. The third-order valence-electron chi connectivity index (χ3n) is 8.85. The van der Waals surface area contributed by atoms with Crippen LogP contribution in [0.3, 0.4) is 0 Å². The van der Waals surface area contributed by atoms with E-state index < -0.39 is 43.1 Å². The maximum Gasteiger partial charge on any atom is 0.426 e. The van der Waals surface area contributed by atoms with Gasteiger partial charge in [0, 0.05) is 23.2 Å². The molecule has 0 saturated heterocycles. The molecule has 1 atom stereocenters. The predicted octanol–water partition coefficient (Wildman–Crippen LogP) is 9.16. The molecule has 2 aromatic carbocycles. The number of alkyl halides is 3. The molecule has 0 fully saturated rings. The van der Waals surface area contributed by atoms with Crippen molar-refractivity contribution < 1.29 is 36.8 Å². The van der Waals surface area contributed by atoms with E-state index in [1.165, 1.54) is 12.1 Å². The molecule has 1 amide bonds. The largest absolute Gasteiger partial charge is 0.441 e. The van der Waals surface area contributed by atoms with Crippen molar-refractivity contribution >= 4 is 37.6 Å². The molecule has 0 spiro atoms. The summed E-state index contributed by atoms with van der Waals surface area (Å²) in [6.07, 6.45) is -4.61. The van der Waals surface area contributed by atoms with Crippen LogP contribution in [0.5, 0.6) is 0 Å². The number of carbonyl (C=O) groups is 2. The molecular weight excluding hydrogens is 660 g/mol. The fraction of sp³-hybridized carbons (Fsp3) is 0.457. The summed E-state index contributed by atoms with van der Waals surface area (Å²) >= 11 is 0.286. The fourth-order valence-corrected chi connectivity index (χ4v) is 7.15. The Labute approximate surface area is 285 Å². The van der Waals surface area contributed by atoms with E-state index in [1.807, 2.05) is 26.8 Å². The topological polar surface area (TPSA) is 103 Å². The summed E-state index contributed by atoms with van der Waals surface area (Å²) in [4.78, 5) is 31.9. The van der Waals surface area contributed by atoms with Crippen LogP contribution in [0.25, 0.3) is 11.1 Å². The van der Waals surface area contributed by atoms with E-state index in [9.17, 15) is 22.8 Å². The molecule has 0 bridgehead atoms. The molecule has 1 heterocycles. The van der Waals surface area contributed by atoms with E-state index in [4.69, 9.17) is 19.7 Å². The van der Waals surface area contributed by atoms with Crippen molar-refractivity contribution in [1.82, 2.24) is 4.90 Å². The number of benzene rings is 2. The van der Waals surface area contributed by atoms with Crippen molar-refractivity contribution in [3.63, 3.8) is 0 Å². The lowest BCUT2D eigenvalue weighted by Crippen LogP contribution is -2.49. The minimum atomic E-state index is -4.66. The van der Waals surface area contributed by atoms with E-state index in [-0.39, 0.29) is 32.7 Å². The number of nitrogens with zero attached hydrogens (tertiary/aromatic N) is 2. The number of halogens is 3. The minimum Gasteiger partial charge on any atom is -0.441 e. The monoisotopic (exact) mass is 703 g/mol. The molecule has 0 aliphatic heterocycles. The summed E-state index contributed by atoms with van der Waals surface area (Å²) in [5.41, 5.74) is 7.96. The average molecular weight is 704 g/mol. The van der Waals surface area contributed by atoms with Crippen LogP contribution in [0.2, 0.25) is 18.1 Å². The second-order valence-electron chi connectivity index (χ2n) is 14.3. The van der Waals surface area contributed by atoms with Gasteiger partial charge in [-0.05, 0) is 74.5 Å². The Kier molecular flexibility index (Phi) is 10.9. The first-order valence-corrected chi connectivity index (χ1v) is 19.5. The zero-order chi connectivity index (χ0) is 35.7. The first-order valence-electron chi connectivity index (χ1n) is 15.8. The molecule has 1 aromatic heterocycles. The van der Waals surface area contributed by atoms with Gasteiger partial charge in [-0.2, -0.15) is 13.2 Å². The Morgan fingerprint density at radius 2 is 1.69 bits per heavy atom. The van der Waals surface area contributed by atoms with Gasteiger partial charge in [0.15, 0.2) is 14.2 Å². The fourth-order valence-electron chi connectivity index (χ4n) is 5.19. The number of fused-ring (bicyclic) bond motifs is 1. The van der Waals surface area contributed by atoms with Crippen LogP contribution in [0.1, 0.15) is 85.3 Å². The van der Waals surface area contributed by atoms with E-state index in [0.29, 0.717) is 37.1 Å². The molecular formula is C35H44F3N3O5SSi. The van der Waals surface area contributed by atoms with Gasteiger partial charge in [-0.3, -0.25) is 0 Å². The maximum absolute atomic E-state index is 13.8. The average Bonchev–Trinajstić information content (AvgIpc) is 3.62. The van der Waals surface area contributed by atoms with Gasteiger partial charge in [-0.1, -0.05) is 74.5 Å². The van der Waals surface area contributed by atoms with Gasteiger partial charge in [-0.15, -0.1) is 11.3 Å². The van der Waals surface area contributed by atoms with Crippen LogP contribution >= 0.6 is 11.3 Å². The van der Waals surface area contributed by atoms with Gasteiger partial charge in [0.25, 0.3) is 0 Å².